The Morgan fingerprint density at radius 2 is 2.07 bits per heavy atom. The quantitative estimate of drug-likeness (QED) is 0.311. The van der Waals surface area contributed by atoms with Crippen LogP contribution >= 0.6 is 34.4 Å². The number of hydrogen-bond acceptors (Lipinski definition) is 9. The van der Waals surface area contributed by atoms with E-state index < -0.39 is 10.8 Å². The lowest BCUT2D eigenvalue weighted by atomic mass is 10.2. The van der Waals surface area contributed by atoms with E-state index >= 15 is 0 Å². The number of benzene rings is 1. The van der Waals surface area contributed by atoms with E-state index in [4.69, 9.17) is 0 Å². The summed E-state index contributed by atoms with van der Waals surface area (Å²) in [5, 5.41) is 18.3. The van der Waals surface area contributed by atoms with Crippen LogP contribution in [0.2, 0.25) is 0 Å². The number of nitro benzene ring substituents is 1. The first-order chi connectivity index (χ1) is 14.5. The van der Waals surface area contributed by atoms with E-state index in [1.807, 2.05) is 23.8 Å². The van der Waals surface area contributed by atoms with Gasteiger partial charge >= 0.3 is 0 Å². The Morgan fingerprint density at radius 1 is 1.20 bits per heavy atom. The van der Waals surface area contributed by atoms with Crippen LogP contribution in [0.4, 0.5) is 10.8 Å². The molecule has 3 heterocycles. The number of hydrogen-bond donors (Lipinski definition) is 1. The summed E-state index contributed by atoms with van der Waals surface area (Å²) in [5.41, 5.74) is 2.42. The standard InChI is InChI=1S/C19H13N5O3S3/c1-11-9-29-19(21-11)30-16-5-4-12(7-15(16)24(26)27)17(25)23-18-22-14(10-28-18)13-3-2-6-20-8-13/h2-10H,1H3,(H,22,23,25). The first kappa shape index (κ1) is 20.1. The van der Waals surface area contributed by atoms with Gasteiger partial charge in [0.1, 0.15) is 0 Å². The number of rotatable bonds is 6. The second-order valence-electron chi connectivity index (χ2n) is 6.03. The van der Waals surface area contributed by atoms with Gasteiger partial charge in [0.2, 0.25) is 0 Å². The Kier molecular flexibility index (Phi) is 5.84. The Labute approximate surface area is 183 Å². The smallest absolute Gasteiger partial charge is 0.284 e. The number of amides is 1. The number of thiazole rings is 2. The van der Waals surface area contributed by atoms with Crippen LogP contribution < -0.4 is 5.32 Å². The fraction of sp³-hybridized carbons (Fsp3) is 0.0526. The lowest BCUT2D eigenvalue weighted by Crippen LogP contribution is -2.12. The van der Waals surface area contributed by atoms with Crippen molar-refractivity contribution in [1.29, 1.82) is 0 Å². The Morgan fingerprint density at radius 3 is 2.77 bits per heavy atom. The first-order valence-corrected chi connectivity index (χ1v) is 11.1. The highest BCUT2D eigenvalue weighted by Crippen LogP contribution is 2.37. The van der Waals surface area contributed by atoms with Gasteiger partial charge in [0, 0.05) is 46.0 Å². The number of nitro groups is 1. The Bertz CT molecular complexity index is 1220. The van der Waals surface area contributed by atoms with Gasteiger partial charge in [-0.15, -0.1) is 22.7 Å². The highest BCUT2D eigenvalue weighted by Gasteiger charge is 2.20. The molecule has 0 radical (unpaired) electrons. The highest BCUT2D eigenvalue weighted by molar-refractivity contribution is 8.01. The number of nitrogens with zero attached hydrogens (tertiary/aromatic N) is 4. The lowest BCUT2D eigenvalue weighted by Gasteiger charge is -2.05. The van der Waals surface area contributed by atoms with Gasteiger partial charge in [0.05, 0.1) is 15.5 Å². The third-order valence-electron chi connectivity index (χ3n) is 3.89. The molecule has 8 nitrogen and oxygen atoms in total. The Hall–Kier alpha value is -3.15. The zero-order valence-corrected chi connectivity index (χ0v) is 17.9. The van der Waals surface area contributed by atoms with Crippen molar-refractivity contribution in [3.8, 4) is 11.3 Å². The maximum atomic E-state index is 12.6. The third-order valence-corrected chi connectivity index (χ3v) is 6.77. The van der Waals surface area contributed by atoms with Gasteiger partial charge in [-0.05, 0) is 31.2 Å². The summed E-state index contributed by atoms with van der Waals surface area (Å²) in [6, 6.07) is 8.07. The zero-order chi connectivity index (χ0) is 21.1. The molecule has 0 atom stereocenters. The molecule has 0 aliphatic rings. The second-order valence-corrected chi connectivity index (χ2v) is 9.04. The normalized spacial score (nSPS) is 10.7. The average Bonchev–Trinajstić information content (AvgIpc) is 3.37. The average molecular weight is 456 g/mol. The molecule has 1 aromatic carbocycles. The van der Waals surface area contributed by atoms with Crippen LogP contribution in [0.15, 0.2) is 62.7 Å². The highest BCUT2D eigenvalue weighted by atomic mass is 32.2. The molecule has 0 aliphatic carbocycles. The van der Waals surface area contributed by atoms with Crippen LogP contribution in [-0.4, -0.2) is 25.8 Å². The predicted octanol–water partition coefficient (Wildman–Crippen LogP) is 5.28. The van der Waals surface area contributed by atoms with Crippen LogP contribution in [0.3, 0.4) is 0 Å². The van der Waals surface area contributed by atoms with Gasteiger partial charge in [-0.3, -0.25) is 25.2 Å². The van der Waals surface area contributed by atoms with Gasteiger partial charge < -0.3 is 0 Å². The number of nitrogens with one attached hydrogen (secondary N) is 1. The molecule has 150 valence electrons. The topological polar surface area (TPSA) is 111 Å². The minimum absolute atomic E-state index is 0.143. The van der Waals surface area contributed by atoms with E-state index in [-0.39, 0.29) is 11.3 Å². The van der Waals surface area contributed by atoms with Gasteiger partial charge in [-0.1, -0.05) is 11.8 Å². The summed E-state index contributed by atoms with van der Waals surface area (Å²) in [5.74, 6) is -0.466. The minimum atomic E-state index is -0.497. The molecule has 4 aromatic rings. The van der Waals surface area contributed by atoms with E-state index in [1.54, 1.807) is 30.6 Å². The van der Waals surface area contributed by atoms with Crippen LogP contribution in [0.1, 0.15) is 16.1 Å². The summed E-state index contributed by atoms with van der Waals surface area (Å²) in [6.07, 6.45) is 3.35. The van der Waals surface area contributed by atoms with Gasteiger partial charge in [0.25, 0.3) is 11.6 Å². The van der Waals surface area contributed by atoms with E-state index in [0.717, 1.165) is 11.3 Å². The van der Waals surface area contributed by atoms with Gasteiger partial charge in [-0.25, -0.2) is 9.97 Å². The van der Waals surface area contributed by atoms with Crippen molar-refractivity contribution < 1.29 is 9.72 Å². The summed E-state index contributed by atoms with van der Waals surface area (Å²) in [6.45, 7) is 1.86. The minimum Gasteiger partial charge on any atom is -0.298 e. The van der Waals surface area contributed by atoms with Crippen molar-refractivity contribution in [1.82, 2.24) is 15.0 Å². The van der Waals surface area contributed by atoms with Gasteiger partial charge in [-0.2, -0.15) is 0 Å². The van der Waals surface area contributed by atoms with E-state index in [1.165, 1.54) is 40.5 Å². The number of aromatic nitrogens is 3. The van der Waals surface area contributed by atoms with Crippen LogP contribution in [-0.2, 0) is 0 Å². The lowest BCUT2D eigenvalue weighted by molar-refractivity contribution is -0.387. The fourth-order valence-corrected chi connectivity index (χ4v) is 5.10. The fourth-order valence-electron chi connectivity index (χ4n) is 2.51. The summed E-state index contributed by atoms with van der Waals surface area (Å²) >= 11 is 3.89. The van der Waals surface area contributed by atoms with Crippen molar-refractivity contribution in [2.24, 2.45) is 0 Å². The molecule has 0 unspecified atom stereocenters. The molecular weight excluding hydrogens is 442 g/mol. The van der Waals surface area contributed by atoms with Crippen LogP contribution in [0.25, 0.3) is 11.3 Å². The number of carbonyl (C=O) groups excluding carboxylic acids is 1. The van der Waals surface area contributed by atoms with Crippen molar-refractivity contribution in [2.75, 3.05) is 5.32 Å². The predicted molar refractivity (Wildman–Crippen MR) is 117 cm³/mol. The molecule has 3 aromatic heterocycles. The van der Waals surface area contributed by atoms with Crippen molar-refractivity contribution in [3.63, 3.8) is 0 Å². The van der Waals surface area contributed by atoms with E-state index in [2.05, 4.69) is 20.3 Å². The van der Waals surface area contributed by atoms with Crippen molar-refractivity contribution >= 4 is 51.2 Å². The second kappa shape index (κ2) is 8.69. The molecule has 1 amide bonds. The maximum absolute atomic E-state index is 12.6. The molecule has 1 N–H and O–H groups in total. The van der Waals surface area contributed by atoms with Crippen LogP contribution in [0, 0.1) is 17.0 Å². The van der Waals surface area contributed by atoms with Crippen molar-refractivity contribution in [2.45, 2.75) is 16.2 Å². The molecular formula is C19H13N5O3S3. The van der Waals surface area contributed by atoms with Gasteiger partial charge in [0.15, 0.2) is 9.47 Å². The summed E-state index contributed by atoms with van der Waals surface area (Å²) in [7, 11) is 0. The Balaban J connectivity index is 1.53. The zero-order valence-electron chi connectivity index (χ0n) is 15.4. The molecule has 30 heavy (non-hydrogen) atoms. The van der Waals surface area contributed by atoms with Crippen molar-refractivity contribution in [3.05, 3.63) is 74.9 Å². The monoisotopic (exact) mass is 455 g/mol. The van der Waals surface area contributed by atoms with E-state index in [0.29, 0.717) is 20.1 Å². The van der Waals surface area contributed by atoms with Crippen LogP contribution in [0.5, 0.6) is 0 Å². The third kappa shape index (κ3) is 4.53. The molecule has 0 aliphatic heterocycles. The summed E-state index contributed by atoms with van der Waals surface area (Å²) in [4.78, 5) is 36.8. The molecule has 0 fully saturated rings. The molecule has 0 saturated carbocycles. The molecule has 11 heteroatoms. The number of carbonyl (C=O) groups is 1. The SMILES string of the molecule is Cc1csc(Sc2ccc(C(=O)Nc3nc(-c4cccnc4)cs3)cc2[N+](=O)[O-])n1. The largest absolute Gasteiger partial charge is 0.298 e. The molecule has 4 rings (SSSR count). The molecule has 0 bridgehead atoms. The molecule has 0 spiro atoms. The molecule has 0 saturated heterocycles. The number of pyridine rings is 1. The number of anilines is 1. The maximum Gasteiger partial charge on any atom is 0.284 e. The first-order valence-electron chi connectivity index (χ1n) is 8.55. The number of aryl methyl sites for hydroxylation is 1. The summed E-state index contributed by atoms with van der Waals surface area (Å²) < 4.78 is 0.707. The van der Waals surface area contributed by atoms with E-state index in [9.17, 15) is 14.9 Å².